The summed E-state index contributed by atoms with van der Waals surface area (Å²) in [7, 11) is 1.42. The molecule has 1 heterocycles. The molecule has 0 amide bonds. The fraction of sp³-hybridized carbons (Fsp3) is 0.842. The molecule has 0 saturated carbocycles. The third kappa shape index (κ3) is 9.99. The molecule has 0 aromatic carbocycles. The molecule has 1 aliphatic heterocycles. The van der Waals surface area contributed by atoms with Crippen LogP contribution < -0.4 is 0 Å². The Hall–Kier alpha value is -0.830. The van der Waals surface area contributed by atoms with Gasteiger partial charge >= 0.3 is 5.97 Å². The number of methoxy groups -OCH3 is 1. The summed E-state index contributed by atoms with van der Waals surface area (Å²) in [5, 5.41) is 0. The Bertz CT molecular complexity index is 312. The summed E-state index contributed by atoms with van der Waals surface area (Å²) in [6.45, 7) is 2.26. The maximum Gasteiger partial charge on any atom is 0.309 e. The van der Waals surface area contributed by atoms with E-state index < -0.39 is 0 Å². The van der Waals surface area contributed by atoms with Crippen LogP contribution in [0, 0.1) is 0 Å². The normalized spacial score (nSPS) is 20.5. The molecule has 1 rings (SSSR count). The Morgan fingerprint density at radius 3 is 2.27 bits per heavy atom. The van der Waals surface area contributed by atoms with Gasteiger partial charge in [0.05, 0.1) is 25.7 Å². The summed E-state index contributed by atoms with van der Waals surface area (Å²) >= 11 is 0. The van der Waals surface area contributed by atoms with E-state index in [9.17, 15) is 4.79 Å². The number of hydrogen-bond acceptors (Lipinski definition) is 3. The quantitative estimate of drug-likeness (QED) is 0.192. The van der Waals surface area contributed by atoms with Crippen molar-refractivity contribution in [3.05, 3.63) is 12.2 Å². The number of carbonyl (C=O) groups is 1. The van der Waals surface area contributed by atoms with Crippen LogP contribution in [0.5, 0.6) is 0 Å². The lowest BCUT2D eigenvalue weighted by atomic mass is 10.0. The van der Waals surface area contributed by atoms with E-state index >= 15 is 0 Å². The van der Waals surface area contributed by atoms with Crippen molar-refractivity contribution in [2.45, 2.75) is 96.2 Å². The van der Waals surface area contributed by atoms with Gasteiger partial charge < -0.3 is 9.47 Å². The molecule has 3 nitrogen and oxygen atoms in total. The highest BCUT2D eigenvalue weighted by atomic mass is 16.6. The van der Waals surface area contributed by atoms with Gasteiger partial charge in [-0.3, -0.25) is 4.79 Å². The molecule has 2 unspecified atom stereocenters. The summed E-state index contributed by atoms with van der Waals surface area (Å²) in [4.78, 5) is 10.9. The average molecular weight is 310 g/mol. The zero-order chi connectivity index (χ0) is 16.0. The molecule has 0 spiro atoms. The molecular formula is C19H34O3. The number of epoxide rings is 1. The molecule has 0 radical (unpaired) electrons. The first kappa shape index (κ1) is 19.2. The van der Waals surface area contributed by atoms with Gasteiger partial charge in [-0.2, -0.15) is 0 Å². The number of esters is 1. The number of carbonyl (C=O) groups excluding carboxylic acids is 1. The maximum absolute atomic E-state index is 10.9. The Morgan fingerprint density at radius 1 is 0.955 bits per heavy atom. The maximum atomic E-state index is 10.9. The van der Waals surface area contributed by atoms with Gasteiger partial charge in [0, 0.05) is 0 Å². The van der Waals surface area contributed by atoms with E-state index in [1.807, 2.05) is 6.08 Å². The van der Waals surface area contributed by atoms with Crippen LogP contribution >= 0.6 is 0 Å². The van der Waals surface area contributed by atoms with Gasteiger partial charge in [0.15, 0.2) is 0 Å². The molecule has 1 aliphatic rings. The fourth-order valence-electron chi connectivity index (χ4n) is 2.80. The van der Waals surface area contributed by atoms with Gasteiger partial charge in [0.25, 0.3) is 0 Å². The van der Waals surface area contributed by atoms with Gasteiger partial charge in [-0.05, 0) is 25.7 Å². The Balaban J connectivity index is 1.83. The van der Waals surface area contributed by atoms with E-state index in [1.54, 1.807) is 0 Å². The van der Waals surface area contributed by atoms with Gasteiger partial charge in [0.1, 0.15) is 0 Å². The van der Waals surface area contributed by atoms with Crippen molar-refractivity contribution in [1.29, 1.82) is 0 Å². The molecular weight excluding hydrogens is 276 g/mol. The summed E-state index contributed by atoms with van der Waals surface area (Å²) < 4.78 is 10.3. The van der Waals surface area contributed by atoms with Crippen molar-refractivity contribution in [1.82, 2.24) is 0 Å². The van der Waals surface area contributed by atoms with Crippen LogP contribution in [0.2, 0.25) is 0 Å². The summed E-state index contributed by atoms with van der Waals surface area (Å²) in [6.07, 6.45) is 19.6. The second-order valence-corrected chi connectivity index (χ2v) is 6.31. The van der Waals surface area contributed by atoms with Crippen molar-refractivity contribution >= 4 is 5.97 Å². The van der Waals surface area contributed by atoms with E-state index in [0.717, 1.165) is 6.42 Å². The van der Waals surface area contributed by atoms with E-state index in [4.69, 9.17) is 4.74 Å². The minimum atomic E-state index is -0.167. The van der Waals surface area contributed by atoms with Crippen molar-refractivity contribution in [3.63, 3.8) is 0 Å². The van der Waals surface area contributed by atoms with Crippen molar-refractivity contribution < 1.29 is 14.3 Å². The Kier molecular flexibility index (Phi) is 11.1. The lowest BCUT2D eigenvalue weighted by Gasteiger charge is -1.99. The third-order valence-electron chi connectivity index (χ3n) is 4.32. The largest absolute Gasteiger partial charge is 0.469 e. The smallest absolute Gasteiger partial charge is 0.309 e. The predicted molar refractivity (Wildman–Crippen MR) is 90.9 cm³/mol. The van der Waals surface area contributed by atoms with E-state index in [0.29, 0.717) is 18.6 Å². The van der Waals surface area contributed by atoms with Crippen LogP contribution in [0.3, 0.4) is 0 Å². The number of ether oxygens (including phenoxy) is 2. The molecule has 2 atom stereocenters. The van der Waals surface area contributed by atoms with Gasteiger partial charge in [0.2, 0.25) is 0 Å². The number of hydrogen-bond donors (Lipinski definition) is 0. The zero-order valence-electron chi connectivity index (χ0n) is 14.5. The highest BCUT2D eigenvalue weighted by molar-refractivity contribution is 5.70. The van der Waals surface area contributed by atoms with Gasteiger partial charge in [-0.1, -0.05) is 64.0 Å². The second kappa shape index (κ2) is 12.7. The molecule has 0 bridgehead atoms. The third-order valence-corrected chi connectivity index (χ3v) is 4.32. The van der Waals surface area contributed by atoms with Crippen LogP contribution in [-0.4, -0.2) is 25.3 Å². The highest BCUT2D eigenvalue weighted by Crippen LogP contribution is 2.31. The first-order valence-electron chi connectivity index (χ1n) is 9.15. The molecule has 22 heavy (non-hydrogen) atoms. The fourth-order valence-corrected chi connectivity index (χ4v) is 2.80. The van der Waals surface area contributed by atoms with Crippen LogP contribution in [0.4, 0.5) is 0 Å². The Morgan fingerprint density at radius 2 is 1.59 bits per heavy atom. The monoisotopic (exact) mass is 310 g/mol. The lowest BCUT2D eigenvalue weighted by molar-refractivity contribution is -0.139. The van der Waals surface area contributed by atoms with Crippen LogP contribution in [0.15, 0.2) is 12.2 Å². The standard InChI is InChI=1S/C19H34O3/c1-3-4-5-6-8-11-14-17-18(22-17)15-12-9-7-10-13-16-19(20)21-2/h10,13,17-18H,3-9,11-12,14-16H2,1-2H3/b13-10+. The molecule has 1 fully saturated rings. The zero-order valence-corrected chi connectivity index (χ0v) is 14.5. The topological polar surface area (TPSA) is 38.8 Å². The average Bonchev–Trinajstić information content (AvgIpc) is 3.28. The second-order valence-electron chi connectivity index (χ2n) is 6.31. The SMILES string of the molecule is CCCCCCCCC1OC1CCCC/C=C/CC(=O)OC. The van der Waals surface area contributed by atoms with Crippen molar-refractivity contribution in [3.8, 4) is 0 Å². The summed E-state index contributed by atoms with van der Waals surface area (Å²) in [6, 6.07) is 0. The van der Waals surface area contributed by atoms with Gasteiger partial charge in [-0.25, -0.2) is 0 Å². The summed E-state index contributed by atoms with van der Waals surface area (Å²) in [5.41, 5.74) is 0. The lowest BCUT2D eigenvalue weighted by Crippen LogP contribution is -1.96. The highest BCUT2D eigenvalue weighted by Gasteiger charge is 2.36. The van der Waals surface area contributed by atoms with Crippen molar-refractivity contribution in [2.24, 2.45) is 0 Å². The van der Waals surface area contributed by atoms with Gasteiger partial charge in [-0.15, -0.1) is 0 Å². The predicted octanol–water partition coefficient (Wildman–Crippen LogP) is 5.18. The Labute approximate surface area is 136 Å². The number of unbranched alkanes of at least 4 members (excludes halogenated alkanes) is 7. The minimum absolute atomic E-state index is 0.167. The van der Waals surface area contributed by atoms with Crippen LogP contribution in [-0.2, 0) is 14.3 Å². The molecule has 128 valence electrons. The minimum Gasteiger partial charge on any atom is -0.469 e. The molecule has 0 N–H and O–H groups in total. The van der Waals surface area contributed by atoms with E-state index in [1.165, 1.54) is 71.3 Å². The van der Waals surface area contributed by atoms with Crippen LogP contribution in [0.25, 0.3) is 0 Å². The van der Waals surface area contributed by atoms with E-state index in [-0.39, 0.29) is 5.97 Å². The first-order valence-corrected chi connectivity index (χ1v) is 9.15. The number of allylic oxidation sites excluding steroid dienone is 1. The molecule has 0 aliphatic carbocycles. The van der Waals surface area contributed by atoms with E-state index in [2.05, 4.69) is 17.7 Å². The molecule has 0 aromatic heterocycles. The number of rotatable bonds is 14. The summed E-state index contributed by atoms with van der Waals surface area (Å²) in [5.74, 6) is -0.167. The first-order chi connectivity index (χ1) is 10.8. The molecule has 3 heteroatoms. The molecule has 0 aromatic rings. The van der Waals surface area contributed by atoms with Crippen LogP contribution in [0.1, 0.15) is 84.0 Å². The van der Waals surface area contributed by atoms with Crippen molar-refractivity contribution in [2.75, 3.05) is 7.11 Å². The molecule has 1 saturated heterocycles.